The second-order valence-electron chi connectivity index (χ2n) is 5.83. The molecule has 0 saturated heterocycles. The van der Waals surface area contributed by atoms with Crippen molar-refractivity contribution in [1.29, 1.82) is 0 Å². The van der Waals surface area contributed by atoms with E-state index in [1.165, 1.54) is 19.3 Å². The standard InChI is InChI=1S/C10H14F4.C5H12/c11-8-5-6-9(12,10(8,13)14)7-3-1-2-4-7;1-3-5-4-2/h7-8H,1-6H2;3-5H2,1-2H3. The van der Waals surface area contributed by atoms with E-state index in [1.807, 2.05) is 0 Å². The van der Waals surface area contributed by atoms with Gasteiger partial charge in [0, 0.05) is 0 Å². The summed E-state index contributed by atoms with van der Waals surface area (Å²) in [7, 11) is 0. The number of unbranched alkanes of at least 4 members (excludes halogenated alkanes) is 2. The minimum atomic E-state index is -3.76. The average Bonchev–Trinajstić information content (AvgIpc) is 2.96. The van der Waals surface area contributed by atoms with Gasteiger partial charge in [0.05, 0.1) is 0 Å². The first-order chi connectivity index (χ1) is 8.90. The molecule has 2 rings (SSSR count). The monoisotopic (exact) mass is 282 g/mol. The number of halogens is 4. The molecule has 0 aromatic heterocycles. The predicted octanol–water partition coefficient (Wildman–Crippen LogP) is 5.85. The van der Waals surface area contributed by atoms with E-state index in [4.69, 9.17) is 0 Å². The molecule has 0 aromatic carbocycles. The summed E-state index contributed by atoms with van der Waals surface area (Å²) in [6, 6.07) is 0. The van der Waals surface area contributed by atoms with Crippen molar-refractivity contribution in [2.45, 2.75) is 89.4 Å². The predicted molar refractivity (Wildman–Crippen MR) is 70.1 cm³/mol. The zero-order chi connectivity index (χ0) is 14.5. The summed E-state index contributed by atoms with van der Waals surface area (Å²) in [5, 5.41) is 0. The summed E-state index contributed by atoms with van der Waals surface area (Å²) in [5.41, 5.74) is -2.57. The Morgan fingerprint density at radius 2 is 1.47 bits per heavy atom. The molecule has 2 aliphatic carbocycles. The van der Waals surface area contributed by atoms with Crippen LogP contribution in [0, 0.1) is 5.92 Å². The molecule has 0 aliphatic heterocycles. The van der Waals surface area contributed by atoms with E-state index in [1.54, 1.807) is 0 Å². The first kappa shape index (κ1) is 16.8. The van der Waals surface area contributed by atoms with Crippen LogP contribution in [-0.4, -0.2) is 17.8 Å². The molecule has 0 amide bonds. The summed E-state index contributed by atoms with van der Waals surface area (Å²) < 4.78 is 53.5. The highest BCUT2D eigenvalue weighted by atomic mass is 19.3. The minimum Gasteiger partial charge on any atom is -0.241 e. The first-order valence-corrected chi connectivity index (χ1v) is 7.61. The number of rotatable bonds is 3. The van der Waals surface area contributed by atoms with E-state index in [9.17, 15) is 17.6 Å². The lowest BCUT2D eigenvalue weighted by molar-refractivity contribution is -0.168. The Labute approximate surface area is 114 Å². The molecule has 0 spiro atoms. The third-order valence-corrected chi connectivity index (χ3v) is 4.42. The number of alkyl halides is 4. The molecular weight excluding hydrogens is 256 g/mol. The molecule has 0 radical (unpaired) electrons. The molecule has 4 heteroatoms. The van der Waals surface area contributed by atoms with Crippen molar-refractivity contribution >= 4 is 0 Å². The lowest BCUT2D eigenvalue weighted by atomic mass is 9.84. The molecule has 2 aliphatic rings. The number of hydrogen-bond acceptors (Lipinski definition) is 0. The van der Waals surface area contributed by atoms with Gasteiger partial charge in [0.25, 0.3) is 0 Å². The molecule has 0 aromatic rings. The Morgan fingerprint density at radius 3 is 1.79 bits per heavy atom. The Balaban J connectivity index is 0.000000312. The van der Waals surface area contributed by atoms with E-state index in [0.29, 0.717) is 12.8 Å². The Kier molecular flexibility index (Phi) is 6.13. The Morgan fingerprint density at radius 1 is 0.947 bits per heavy atom. The average molecular weight is 282 g/mol. The quantitative estimate of drug-likeness (QED) is 0.570. The van der Waals surface area contributed by atoms with Gasteiger partial charge in [0.15, 0.2) is 11.8 Å². The molecule has 19 heavy (non-hydrogen) atoms. The maximum absolute atomic E-state index is 14.1. The fraction of sp³-hybridized carbons (Fsp3) is 1.00. The summed E-state index contributed by atoms with van der Waals surface area (Å²) in [5.74, 6) is -4.39. The van der Waals surface area contributed by atoms with Gasteiger partial charge in [0.2, 0.25) is 0 Å². The van der Waals surface area contributed by atoms with E-state index in [2.05, 4.69) is 13.8 Å². The summed E-state index contributed by atoms with van der Waals surface area (Å²) in [6.45, 7) is 4.42. The van der Waals surface area contributed by atoms with Crippen molar-refractivity contribution in [3.63, 3.8) is 0 Å². The van der Waals surface area contributed by atoms with Crippen LogP contribution in [0.5, 0.6) is 0 Å². The van der Waals surface area contributed by atoms with Crippen molar-refractivity contribution in [1.82, 2.24) is 0 Å². The van der Waals surface area contributed by atoms with Gasteiger partial charge in [-0.3, -0.25) is 0 Å². The van der Waals surface area contributed by atoms with Gasteiger partial charge in [-0.25, -0.2) is 8.78 Å². The highest BCUT2D eigenvalue weighted by Crippen LogP contribution is 2.55. The van der Waals surface area contributed by atoms with Crippen LogP contribution in [0.1, 0.15) is 71.6 Å². The largest absolute Gasteiger partial charge is 0.312 e. The molecule has 0 bridgehead atoms. The summed E-state index contributed by atoms with van der Waals surface area (Å²) >= 11 is 0. The van der Waals surface area contributed by atoms with E-state index in [-0.39, 0.29) is 12.8 Å². The minimum absolute atomic E-state index is 0.314. The highest BCUT2D eigenvalue weighted by molar-refractivity contribution is 5.08. The molecule has 0 heterocycles. The maximum Gasteiger partial charge on any atom is 0.312 e. The van der Waals surface area contributed by atoms with Crippen LogP contribution in [0.25, 0.3) is 0 Å². The van der Waals surface area contributed by atoms with Crippen molar-refractivity contribution in [3.8, 4) is 0 Å². The summed E-state index contributed by atoms with van der Waals surface area (Å²) in [4.78, 5) is 0. The van der Waals surface area contributed by atoms with Gasteiger partial charge in [-0.1, -0.05) is 46.0 Å². The summed E-state index contributed by atoms with van der Waals surface area (Å²) in [6.07, 6.45) is 3.71. The lowest BCUT2D eigenvalue weighted by Gasteiger charge is -2.32. The Hall–Kier alpha value is -0.280. The van der Waals surface area contributed by atoms with Gasteiger partial charge in [-0.05, 0) is 31.6 Å². The van der Waals surface area contributed by atoms with Crippen LogP contribution in [0.2, 0.25) is 0 Å². The van der Waals surface area contributed by atoms with Crippen molar-refractivity contribution in [2.75, 3.05) is 0 Å². The fourth-order valence-corrected chi connectivity index (χ4v) is 3.16. The van der Waals surface area contributed by atoms with Crippen LogP contribution in [0.4, 0.5) is 17.6 Å². The SMILES string of the molecule is CCCCC.FC1CCC(F)(C2CCCC2)C1(F)F. The maximum atomic E-state index is 14.1. The van der Waals surface area contributed by atoms with Crippen molar-refractivity contribution < 1.29 is 17.6 Å². The third kappa shape index (κ3) is 3.43. The second-order valence-corrected chi connectivity index (χ2v) is 5.83. The molecule has 0 nitrogen and oxygen atoms in total. The van der Waals surface area contributed by atoms with Crippen LogP contribution in [0.15, 0.2) is 0 Å². The van der Waals surface area contributed by atoms with Crippen LogP contribution in [0.3, 0.4) is 0 Å². The van der Waals surface area contributed by atoms with Crippen LogP contribution >= 0.6 is 0 Å². The van der Waals surface area contributed by atoms with Crippen molar-refractivity contribution in [2.24, 2.45) is 5.92 Å². The molecular formula is C15H26F4. The van der Waals surface area contributed by atoms with E-state index >= 15 is 0 Å². The molecule has 2 saturated carbocycles. The van der Waals surface area contributed by atoms with Crippen LogP contribution in [-0.2, 0) is 0 Å². The number of hydrogen-bond donors (Lipinski definition) is 0. The normalized spacial score (nSPS) is 34.1. The first-order valence-electron chi connectivity index (χ1n) is 7.61. The second kappa shape index (κ2) is 6.94. The molecule has 114 valence electrons. The van der Waals surface area contributed by atoms with Crippen LogP contribution < -0.4 is 0 Å². The topological polar surface area (TPSA) is 0 Å². The molecule has 2 atom stereocenters. The van der Waals surface area contributed by atoms with E-state index in [0.717, 1.165) is 12.8 Å². The fourth-order valence-electron chi connectivity index (χ4n) is 3.16. The van der Waals surface area contributed by atoms with E-state index < -0.39 is 23.7 Å². The van der Waals surface area contributed by atoms with Gasteiger partial charge in [0.1, 0.15) is 0 Å². The molecule has 0 N–H and O–H groups in total. The molecule has 2 unspecified atom stereocenters. The Bertz CT molecular complexity index is 259. The van der Waals surface area contributed by atoms with Gasteiger partial charge in [-0.2, -0.15) is 8.78 Å². The zero-order valence-corrected chi connectivity index (χ0v) is 12.0. The van der Waals surface area contributed by atoms with Gasteiger partial charge >= 0.3 is 5.92 Å². The zero-order valence-electron chi connectivity index (χ0n) is 12.0. The van der Waals surface area contributed by atoms with Gasteiger partial charge < -0.3 is 0 Å². The smallest absolute Gasteiger partial charge is 0.241 e. The lowest BCUT2D eigenvalue weighted by Crippen LogP contribution is -2.48. The van der Waals surface area contributed by atoms with Gasteiger partial charge in [-0.15, -0.1) is 0 Å². The van der Waals surface area contributed by atoms with Crippen molar-refractivity contribution in [3.05, 3.63) is 0 Å². The third-order valence-electron chi connectivity index (χ3n) is 4.42. The molecule has 2 fully saturated rings. The highest BCUT2D eigenvalue weighted by Gasteiger charge is 2.67.